The fourth-order valence-electron chi connectivity index (χ4n) is 12.0. The Morgan fingerprint density at radius 2 is 1.43 bits per heavy atom. The molecule has 0 heterocycles. The fraction of sp³-hybridized carbons (Fsp3) is 0.730. The van der Waals surface area contributed by atoms with Crippen molar-refractivity contribution in [1.82, 2.24) is 0 Å². The molecule has 0 unspecified atom stereocenters. The molecule has 0 aromatic heterocycles. The second-order valence-electron chi connectivity index (χ2n) is 17.4. The monoisotopic (exact) mass is 640 g/mol. The van der Waals surface area contributed by atoms with Crippen molar-refractivity contribution in [2.24, 2.45) is 50.2 Å². The third-order valence-electron chi connectivity index (χ3n) is 15.0. The van der Waals surface area contributed by atoms with Crippen LogP contribution in [0.1, 0.15) is 110 Å². The first-order valence-corrected chi connectivity index (χ1v) is 17.0. The van der Waals surface area contributed by atoms with E-state index >= 15 is 0 Å². The van der Waals surface area contributed by atoms with Crippen LogP contribution in [0.3, 0.4) is 0 Å². The molecule has 9 nitrogen and oxygen atoms in total. The van der Waals surface area contributed by atoms with Crippen molar-refractivity contribution in [1.29, 1.82) is 0 Å². The molecule has 254 valence electrons. The minimum atomic E-state index is -1.17. The van der Waals surface area contributed by atoms with Crippen molar-refractivity contribution in [3.05, 3.63) is 29.3 Å². The predicted molar refractivity (Wildman–Crippen MR) is 170 cm³/mol. The van der Waals surface area contributed by atoms with E-state index in [1.165, 1.54) is 0 Å². The smallest absolute Gasteiger partial charge is 0.310 e. The van der Waals surface area contributed by atoms with Crippen molar-refractivity contribution in [2.75, 3.05) is 0 Å². The van der Waals surface area contributed by atoms with Gasteiger partial charge in [-0.2, -0.15) is 0 Å². The Morgan fingerprint density at radius 3 is 2.04 bits per heavy atom. The van der Waals surface area contributed by atoms with Gasteiger partial charge >= 0.3 is 5.97 Å². The summed E-state index contributed by atoms with van der Waals surface area (Å²) in [6.45, 7) is 12.7. The van der Waals surface area contributed by atoms with Crippen LogP contribution in [0.2, 0.25) is 0 Å². The molecule has 4 saturated carbocycles. The largest absolute Gasteiger partial charge is 0.504 e. The number of hydrogen-bond donors (Lipinski definition) is 7. The topological polar surface area (TPSA) is 176 Å². The van der Waals surface area contributed by atoms with Crippen molar-refractivity contribution in [3.8, 4) is 17.2 Å². The molecule has 0 aliphatic heterocycles. The molecule has 0 spiro atoms. The van der Waals surface area contributed by atoms with E-state index in [9.17, 15) is 45.3 Å². The number of fused-ring (bicyclic) bond motifs is 7. The maximum atomic E-state index is 13.7. The predicted octanol–water partition coefficient (Wildman–Crippen LogP) is 5.55. The molecule has 0 bridgehead atoms. The first kappa shape index (κ1) is 33.3. The number of aromatic hydroxyl groups is 3. The van der Waals surface area contributed by atoms with Crippen LogP contribution in [-0.4, -0.2) is 65.8 Å². The molecule has 0 saturated heterocycles. The molecule has 1 aromatic rings. The molecule has 9 heteroatoms. The number of allylic oxidation sites excluding steroid dienone is 1. The molecule has 7 N–H and O–H groups in total. The maximum Gasteiger partial charge on any atom is 0.310 e. The number of phenolic OH excluding ortho intramolecular Hbond substituents is 3. The number of carbonyl (C=O) groups is 2. The van der Waals surface area contributed by atoms with Gasteiger partial charge in [0, 0.05) is 23.3 Å². The Labute approximate surface area is 271 Å². The average molecular weight is 641 g/mol. The number of rotatable bonds is 4. The van der Waals surface area contributed by atoms with Gasteiger partial charge in [0.15, 0.2) is 23.0 Å². The van der Waals surface area contributed by atoms with Gasteiger partial charge in [0.2, 0.25) is 0 Å². The van der Waals surface area contributed by atoms with E-state index in [0.29, 0.717) is 44.9 Å². The number of hydrogen-bond acceptors (Lipinski definition) is 8. The number of carboxylic acid groups (broad SMARTS) is 1. The van der Waals surface area contributed by atoms with Crippen LogP contribution in [0.4, 0.5) is 0 Å². The second kappa shape index (κ2) is 10.2. The van der Waals surface area contributed by atoms with Gasteiger partial charge in [-0.25, -0.2) is 0 Å². The van der Waals surface area contributed by atoms with Crippen LogP contribution in [0.15, 0.2) is 23.8 Å². The molecule has 1 aromatic carbocycles. The molecule has 46 heavy (non-hydrogen) atoms. The van der Waals surface area contributed by atoms with Crippen LogP contribution in [0.25, 0.3) is 0 Å². The zero-order chi connectivity index (χ0) is 34.0. The highest BCUT2D eigenvalue weighted by molar-refractivity contribution is 5.97. The lowest BCUT2D eigenvalue weighted by molar-refractivity contribution is -0.238. The van der Waals surface area contributed by atoms with E-state index in [0.717, 1.165) is 24.1 Å². The Balaban J connectivity index is 1.40. The van der Waals surface area contributed by atoms with Gasteiger partial charge in [-0.1, -0.05) is 53.2 Å². The number of phenols is 3. The number of carboxylic acids is 1. The number of ketones is 1. The standard InChI is InChI=1S/C37H52O9/c1-32(2)11-13-37(31(45)46)14-12-35(5)20(27(37)30(32)44)7-8-26-33(3)18-24(41)29(43)34(4,25(33)9-10-36(26,35)6)17-23(40)19-15-21(38)28(42)22(39)16-19/h7,15-16,24-27,29-30,38-39,41-44H,8-14,17-18H2,1-6H3,(H,45,46)/t24-,25-,26-,27-,29+,30+,33+,34+,35-,36-,37+/m1/s1. The van der Waals surface area contributed by atoms with E-state index in [2.05, 4.69) is 26.8 Å². The van der Waals surface area contributed by atoms with Crippen LogP contribution in [-0.2, 0) is 4.79 Å². The lowest BCUT2D eigenvalue weighted by Crippen LogP contribution is -2.68. The molecule has 0 amide bonds. The Hall–Kier alpha value is -2.62. The lowest BCUT2D eigenvalue weighted by Gasteiger charge is -2.72. The molecular formula is C37H52O9. The normalized spacial score (nSPS) is 46.2. The summed E-state index contributed by atoms with van der Waals surface area (Å²) < 4.78 is 0. The third-order valence-corrected chi connectivity index (χ3v) is 15.0. The van der Waals surface area contributed by atoms with E-state index in [4.69, 9.17) is 0 Å². The van der Waals surface area contributed by atoms with Crippen LogP contribution in [0.5, 0.6) is 17.2 Å². The molecule has 6 rings (SSSR count). The van der Waals surface area contributed by atoms with E-state index < -0.39 is 74.9 Å². The number of aliphatic hydroxyl groups excluding tert-OH is 3. The summed E-state index contributed by atoms with van der Waals surface area (Å²) in [5.41, 5.74) is -2.47. The summed E-state index contributed by atoms with van der Waals surface area (Å²) in [7, 11) is 0. The lowest BCUT2D eigenvalue weighted by atomic mass is 9.33. The van der Waals surface area contributed by atoms with Gasteiger partial charge in [-0.05, 0) is 97.0 Å². The Kier molecular flexibility index (Phi) is 7.38. The van der Waals surface area contributed by atoms with Gasteiger partial charge in [-0.15, -0.1) is 0 Å². The fourth-order valence-corrected chi connectivity index (χ4v) is 12.0. The number of benzene rings is 1. The van der Waals surface area contributed by atoms with Crippen molar-refractivity contribution < 1.29 is 45.3 Å². The molecule has 11 atom stereocenters. The highest BCUT2D eigenvalue weighted by atomic mass is 16.4. The molecule has 4 fully saturated rings. The van der Waals surface area contributed by atoms with Gasteiger partial charge in [0.25, 0.3) is 0 Å². The minimum Gasteiger partial charge on any atom is -0.504 e. The number of Topliss-reactive ketones (excluding diaryl/α,β-unsaturated/α-hetero) is 1. The Bertz CT molecular complexity index is 1480. The summed E-state index contributed by atoms with van der Waals surface area (Å²) in [5, 5.41) is 75.4. The summed E-state index contributed by atoms with van der Waals surface area (Å²) >= 11 is 0. The minimum absolute atomic E-state index is 0.0134. The van der Waals surface area contributed by atoms with Crippen molar-refractivity contribution in [3.63, 3.8) is 0 Å². The zero-order valence-corrected chi connectivity index (χ0v) is 28.0. The van der Waals surface area contributed by atoms with Crippen molar-refractivity contribution >= 4 is 11.8 Å². The number of carbonyl (C=O) groups excluding carboxylic acids is 1. The number of aliphatic hydroxyl groups is 3. The molecular weight excluding hydrogens is 588 g/mol. The van der Waals surface area contributed by atoms with E-state index in [1.807, 2.05) is 20.8 Å². The Morgan fingerprint density at radius 1 is 0.826 bits per heavy atom. The van der Waals surface area contributed by atoms with Crippen molar-refractivity contribution in [2.45, 2.75) is 118 Å². The first-order valence-electron chi connectivity index (χ1n) is 17.0. The first-order chi connectivity index (χ1) is 21.2. The number of aliphatic carboxylic acids is 1. The molecule has 0 radical (unpaired) electrons. The maximum absolute atomic E-state index is 13.7. The van der Waals surface area contributed by atoms with Gasteiger partial charge in [-0.3, -0.25) is 9.59 Å². The summed E-state index contributed by atoms with van der Waals surface area (Å²) in [4.78, 5) is 26.6. The SMILES string of the molecule is CC1(C)CC[C@]2(C(=O)O)CC[C@]3(C)C(=CC[C@@H]4[C@@]5(C)C[C@@H](O)[C@H](O)[C@@](C)(CC(=O)c6cc(O)c(O)c(O)c6)[C@@H]5CC[C@]43C)[C@@H]2[C@@H]1O. The van der Waals surface area contributed by atoms with E-state index in [-0.39, 0.29) is 34.7 Å². The molecule has 5 aliphatic carbocycles. The summed E-state index contributed by atoms with van der Waals surface area (Å²) in [5.74, 6) is -3.72. The zero-order valence-electron chi connectivity index (χ0n) is 28.0. The third kappa shape index (κ3) is 4.16. The van der Waals surface area contributed by atoms with Crippen LogP contribution >= 0.6 is 0 Å². The average Bonchev–Trinajstić information content (AvgIpc) is 2.96. The second-order valence-corrected chi connectivity index (χ2v) is 17.4. The van der Waals surface area contributed by atoms with Gasteiger partial charge in [0.1, 0.15) is 0 Å². The van der Waals surface area contributed by atoms with Crippen LogP contribution < -0.4 is 0 Å². The summed E-state index contributed by atoms with van der Waals surface area (Å²) in [6, 6.07) is 2.22. The quantitative estimate of drug-likeness (QED) is 0.126. The van der Waals surface area contributed by atoms with E-state index in [1.54, 1.807) is 0 Å². The highest BCUT2D eigenvalue weighted by Gasteiger charge is 2.71. The molecule has 5 aliphatic rings. The summed E-state index contributed by atoms with van der Waals surface area (Å²) in [6.07, 6.45) is 3.93. The van der Waals surface area contributed by atoms with Gasteiger partial charge in [0.05, 0.1) is 23.7 Å². The van der Waals surface area contributed by atoms with Crippen LogP contribution in [0, 0.1) is 50.2 Å². The highest BCUT2D eigenvalue weighted by Crippen LogP contribution is 2.76. The van der Waals surface area contributed by atoms with Gasteiger partial charge < -0.3 is 35.7 Å².